The summed E-state index contributed by atoms with van der Waals surface area (Å²) in [5.41, 5.74) is 0.0144. The Bertz CT molecular complexity index is 1080. The van der Waals surface area contributed by atoms with Gasteiger partial charge in [0.25, 0.3) is 11.1 Å². The van der Waals surface area contributed by atoms with Crippen molar-refractivity contribution in [3.8, 4) is 0 Å². The molecule has 3 aromatic heterocycles. The first-order valence-corrected chi connectivity index (χ1v) is 7.01. The first-order chi connectivity index (χ1) is 10.8. The second-order valence-electron chi connectivity index (χ2n) is 5.48. The molecule has 0 saturated carbocycles. The molecule has 0 fully saturated rings. The molecule has 3 aromatic rings. The fraction of sp³-hybridized carbons (Fsp3) is 0.357. The molecule has 0 bridgehead atoms. The molecule has 0 aliphatic carbocycles. The number of H-pyrrole nitrogens is 1. The van der Waals surface area contributed by atoms with Crippen molar-refractivity contribution in [3.05, 3.63) is 55.1 Å². The van der Waals surface area contributed by atoms with E-state index in [9.17, 15) is 14.4 Å². The highest BCUT2D eigenvalue weighted by atomic mass is 16.2. The molecule has 0 aliphatic heterocycles. The zero-order valence-corrected chi connectivity index (χ0v) is 13.2. The molecule has 9 nitrogen and oxygen atoms in total. The van der Waals surface area contributed by atoms with Crippen molar-refractivity contribution in [2.45, 2.75) is 19.9 Å². The van der Waals surface area contributed by atoms with E-state index in [0.717, 1.165) is 4.57 Å². The van der Waals surface area contributed by atoms with E-state index < -0.39 is 17.3 Å². The third-order valence-corrected chi connectivity index (χ3v) is 3.87. The first kappa shape index (κ1) is 14.9. The molecule has 0 amide bonds. The van der Waals surface area contributed by atoms with E-state index in [1.165, 1.54) is 24.0 Å². The van der Waals surface area contributed by atoms with Crippen LogP contribution in [0, 0.1) is 6.92 Å². The van der Waals surface area contributed by atoms with Gasteiger partial charge in [-0.1, -0.05) is 0 Å². The average Bonchev–Trinajstić information content (AvgIpc) is 2.94. The third-order valence-electron chi connectivity index (χ3n) is 3.87. The van der Waals surface area contributed by atoms with Crippen LogP contribution in [0.15, 0.2) is 26.8 Å². The number of hydrogen-bond donors (Lipinski definition) is 1. The topological polar surface area (TPSA) is 108 Å². The van der Waals surface area contributed by atoms with Crippen LogP contribution < -0.4 is 16.8 Å². The highest BCUT2D eigenvalue weighted by molar-refractivity contribution is 5.70. The normalized spacial score (nSPS) is 12.7. The summed E-state index contributed by atoms with van der Waals surface area (Å²) < 4.78 is 3.95. The van der Waals surface area contributed by atoms with Gasteiger partial charge in [0.1, 0.15) is 5.82 Å². The van der Waals surface area contributed by atoms with Crippen molar-refractivity contribution >= 4 is 11.2 Å². The van der Waals surface area contributed by atoms with Crippen LogP contribution in [0.5, 0.6) is 0 Å². The zero-order chi connectivity index (χ0) is 16.9. The molecular weight excluding hydrogens is 300 g/mol. The first-order valence-electron chi connectivity index (χ1n) is 7.01. The minimum atomic E-state index is -0.442. The molecular formula is C14H16N6O3. The number of rotatable bonds is 2. The lowest BCUT2D eigenvalue weighted by atomic mass is 10.3. The molecule has 23 heavy (non-hydrogen) atoms. The minimum Gasteiger partial charge on any atom is -0.314 e. The average molecular weight is 316 g/mol. The monoisotopic (exact) mass is 316 g/mol. The van der Waals surface area contributed by atoms with Crippen molar-refractivity contribution < 1.29 is 0 Å². The largest absolute Gasteiger partial charge is 0.332 e. The fourth-order valence-electron chi connectivity index (χ4n) is 2.59. The van der Waals surface area contributed by atoms with Gasteiger partial charge >= 0.3 is 5.69 Å². The predicted molar refractivity (Wildman–Crippen MR) is 83.6 cm³/mol. The Labute approximate surface area is 129 Å². The van der Waals surface area contributed by atoms with E-state index in [2.05, 4.69) is 15.0 Å². The fourth-order valence-corrected chi connectivity index (χ4v) is 2.59. The van der Waals surface area contributed by atoms with Crippen LogP contribution in [-0.2, 0) is 14.1 Å². The van der Waals surface area contributed by atoms with Gasteiger partial charge in [-0.05, 0) is 13.8 Å². The van der Waals surface area contributed by atoms with Gasteiger partial charge in [-0.15, -0.1) is 0 Å². The summed E-state index contributed by atoms with van der Waals surface area (Å²) >= 11 is 0. The van der Waals surface area contributed by atoms with Crippen molar-refractivity contribution in [1.82, 2.24) is 28.7 Å². The number of aromatic nitrogens is 6. The summed E-state index contributed by atoms with van der Waals surface area (Å²) in [7, 11) is 2.97. The number of imidazole rings is 1. The number of aromatic amines is 1. The Kier molecular flexibility index (Phi) is 3.28. The Morgan fingerprint density at radius 1 is 1.17 bits per heavy atom. The van der Waals surface area contributed by atoms with E-state index in [0.29, 0.717) is 17.2 Å². The third kappa shape index (κ3) is 2.20. The van der Waals surface area contributed by atoms with Gasteiger partial charge in [-0.3, -0.25) is 18.7 Å². The van der Waals surface area contributed by atoms with Gasteiger partial charge in [-0.25, -0.2) is 14.8 Å². The van der Waals surface area contributed by atoms with E-state index in [1.54, 1.807) is 25.5 Å². The maximum absolute atomic E-state index is 12.4. The lowest BCUT2D eigenvalue weighted by Crippen LogP contribution is -2.37. The number of aryl methyl sites for hydroxylation is 2. The van der Waals surface area contributed by atoms with Crippen LogP contribution in [0.25, 0.3) is 11.2 Å². The molecule has 9 heteroatoms. The van der Waals surface area contributed by atoms with Crippen LogP contribution >= 0.6 is 0 Å². The Hall–Kier alpha value is -2.97. The lowest BCUT2D eigenvalue weighted by molar-refractivity contribution is 0.603. The SMILES string of the molecule is Cc1cc(=O)[nH]c(C(C)n2cnc3c2c(=O)n(C)c(=O)n3C)n1. The second kappa shape index (κ2) is 5.04. The number of hydrogen-bond acceptors (Lipinski definition) is 5. The summed E-state index contributed by atoms with van der Waals surface area (Å²) in [5.74, 6) is 0.421. The Morgan fingerprint density at radius 2 is 1.87 bits per heavy atom. The van der Waals surface area contributed by atoms with Crippen LogP contribution in [0.4, 0.5) is 0 Å². The number of nitrogens with zero attached hydrogens (tertiary/aromatic N) is 5. The molecule has 1 atom stereocenters. The van der Waals surface area contributed by atoms with Crippen molar-refractivity contribution in [3.63, 3.8) is 0 Å². The highest BCUT2D eigenvalue weighted by Gasteiger charge is 2.19. The number of fused-ring (bicyclic) bond motifs is 1. The maximum Gasteiger partial charge on any atom is 0.332 e. The van der Waals surface area contributed by atoms with E-state index >= 15 is 0 Å². The van der Waals surface area contributed by atoms with Gasteiger partial charge in [-0.2, -0.15) is 0 Å². The van der Waals surface area contributed by atoms with Crippen molar-refractivity contribution in [2.24, 2.45) is 14.1 Å². The molecule has 3 rings (SSSR count). The molecule has 0 radical (unpaired) electrons. The van der Waals surface area contributed by atoms with Crippen LogP contribution in [0.1, 0.15) is 24.5 Å². The van der Waals surface area contributed by atoms with E-state index in [4.69, 9.17) is 0 Å². The molecule has 0 spiro atoms. The molecule has 3 heterocycles. The van der Waals surface area contributed by atoms with Gasteiger partial charge in [0.05, 0.1) is 12.4 Å². The van der Waals surface area contributed by atoms with Crippen LogP contribution in [0.2, 0.25) is 0 Å². The highest BCUT2D eigenvalue weighted by Crippen LogP contribution is 2.17. The van der Waals surface area contributed by atoms with Gasteiger partial charge in [0.2, 0.25) is 0 Å². The summed E-state index contributed by atoms with van der Waals surface area (Å²) in [6, 6.07) is 0.975. The standard InChI is InChI=1S/C14H16N6O3/c1-7-5-9(21)17-11(16-7)8(2)20-6-15-12-10(20)13(22)19(4)14(23)18(12)3/h5-6,8H,1-4H3,(H,16,17,21). The van der Waals surface area contributed by atoms with Gasteiger partial charge in [0, 0.05) is 25.9 Å². The molecule has 0 saturated heterocycles. The lowest BCUT2D eigenvalue weighted by Gasteiger charge is -2.14. The van der Waals surface area contributed by atoms with Crippen molar-refractivity contribution in [2.75, 3.05) is 0 Å². The molecule has 120 valence electrons. The summed E-state index contributed by atoms with van der Waals surface area (Å²) in [6.07, 6.45) is 1.47. The minimum absolute atomic E-state index is 0.260. The van der Waals surface area contributed by atoms with Gasteiger partial charge in [0.15, 0.2) is 11.2 Å². The summed E-state index contributed by atoms with van der Waals surface area (Å²) in [5, 5.41) is 0. The van der Waals surface area contributed by atoms with Crippen LogP contribution in [0.3, 0.4) is 0 Å². The zero-order valence-electron chi connectivity index (χ0n) is 13.2. The predicted octanol–water partition coefficient (Wildman–Crippen LogP) is -0.565. The molecule has 1 unspecified atom stereocenters. The smallest absolute Gasteiger partial charge is 0.314 e. The maximum atomic E-state index is 12.4. The van der Waals surface area contributed by atoms with Crippen LogP contribution in [-0.4, -0.2) is 28.7 Å². The number of nitrogens with one attached hydrogen (secondary N) is 1. The second-order valence-corrected chi connectivity index (χ2v) is 5.48. The van der Waals surface area contributed by atoms with Crippen molar-refractivity contribution in [1.29, 1.82) is 0 Å². The van der Waals surface area contributed by atoms with E-state index in [1.807, 2.05) is 0 Å². The molecule has 0 aromatic carbocycles. The molecule has 0 aliphatic rings. The Morgan fingerprint density at radius 3 is 2.52 bits per heavy atom. The van der Waals surface area contributed by atoms with Gasteiger partial charge < -0.3 is 9.55 Å². The summed E-state index contributed by atoms with van der Waals surface area (Å²) in [6.45, 7) is 3.52. The quantitative estimate of drug-likeness (QED) is 0.681. The Balaban J connectivity index is 2.31. The summed E-state index contributed by atoms with van der Waals surface area (Å²) in [4.78, 5) is 47.2. The molecule has 1 N–H and O–H groups in total. The van der Waals surface area contributed by atoms with E-state index in [-0.39, 0.29) is 11.1 Å².